The highest BCUT2D eigenvalue weighted by Gasteiger charge is 2.29. The minimum absolute atomic E-state index is 0.0113. The Labute approximate surface area is 186 Å². The van der Waals surface area contributed by atoms with Crippen LogP contribution in [-0.2, 0) is 10.2 Å². The molecule has 2 rings (SSSR count). The van der Waals surface area contributed by atoms with E-state index in [1.807, 2.05) is 63.1 Å². The molecule has 5 nitrogen and oxygen atoms in total. The van der Waals surface area contributed by atoms with Crippen LogP contribution >= 0.6 is 0 Å². The number of ether oxygens (including phenoxy) is 1. The van der Waals surface area contributed by atoms with E-state index < -0.39 is 0 Å². The lowest BCUT2D eigenvalue weighted by molar-refractivity contribution is -0.127. The molecule has 0 aromatic carbocycles. The van der Waals surface area contributed by atoms with Gasteiger partial charge in [0.1, 0.15) is 11.9 Å². The molecule has 1 amide bonds. The zero-order valence-electron chi connectivity index (χ0n) is 19.3. The molecule has 31 heavy (non-hydrogen) atoms. The zero-order chi connectivity index (χ0) is 23.0. The number of pyridine rings is 1. The molecule has 0 radical (unpaired) electrons. The molecule has 166 valence electrons. The van der Waals surface area contributed by atoms with Crippen molar-refractivity contribution in [1.82, 2.24) is 9.88 Å². The largest absolute Gasteiger partial charge is 0.483 e. The summed E-state index contributed by atoms with van der Waals surface area (Å²) in [6.07, 6.45) is 10.2. The van der Waals surface area contributed by atoms with Crippen molar-refractivity contribution >= 4 is 11.6 Å². The highest BCUT2D eigenvalue weighted by Crippen LogP contribution is 2.27. The average Bonchev–Trinajstić information content (AvgIpc) is 2.78. The van der Waals surface area contributed by atoms with Gasteiger partial charge in [0.25, 0.3) is 0 Å². The molecule has 2 heterocycles. The lowest BCUT2D eigenvalue weighted by Gasteiger charge is -2.33. The van der Waals surface area contributed by atoms with Gasteiger partial charge in [-0.3, -0.25) is 14.8 Å². The van der Waals surface area contributed by atoms with E-state index >= 15 is 0 Å². The molecule has 0 bridgehead atoms. The van der Waals surface area contributed by atoms with Crippen LogP contribution in [0.4, 0.5) is 0 Å². The van der Waals surface area contributed by atoms with Crippen LogP contribution in [0.3, 0.4) is 0 Å². The van der Waals surface area contributed by atoms with E-state index in [1.54, 1.807) is 6.20 Å². The average molecular weight is 422 g/mol. The second-order valence-electron chi connectivity index (χ2n) is 8.39. The Bertz CT molecular complexity index is 847. The van der Waals surface area contributed by atoms with Crippen LogP contribution in [-0.4, -0.2) is 40.7 Å². The van der Waals surface area contributed by atoms with Crippen molar-refractivity contribution in [3.8, 4) is 5.75 Å². The molecule has 0 aliphatic carbocycles. The Kier molecular flexibility index (Phi) is 8.55. The molecule has 1 fully saturated rings. The van der Waals surface area contributed by atoms with E-state index in [0.717, 1.165) is 29.8 Å². The van der Waals surface area contributed by atoms with Gasteiger partial charge in [-0.15, -0.1) is 13.2 Å². The smallest absolute Gasteiger partial charge is 0.245 e. The van der Waals surface area contributed by atoms with Gasteiger partial charge in [-0.25, -0.2) is 0 Å². The Hall–Kier alpha value is -2.95. The highest BCUT2D eigenvalue weighted by molar-refractivity contribution is 5.92. The second kappa shape index (κ2) is 10.9. The summed E-state index contributed by atoms with van der Waals surface area (Å²) in [4.78, 5) is 23.1. The van der Waals surface area contributed by atoms with Gasteiger partial charge in [-0.1, -0.05) is 24.3 Å². The maximum Gasteiger partial charge on any atom is 0.245 e. The van der Waals surface area contributed by atoms with E-state index in [1.165, 1.54) is 6.08 Å². The fourth-order valence-electron chi connectivity index (χ4n) is 3.60. The Morgan fingerprint density at radius 3 is 2.39 bits per heavy atom. The van der Waals surface area contributed by atoms with E-state index in [4.69, 9.17) is 9.73 Å². The summed E-state index contributed by atoms with van der Waals surface area (Å²) in [5.74, 6) is 0.940. The standard InChI is InChI=1S/C26H35N3O2/c1-8-24(30)29-15-13-21(14-16-29)25(28-17-19(4)5)20(6)31-22-11-12-23(27-18-22)26(7,9-2)10-3/h8-12,17-18,20-21H,1-3,13-16H2,4-7H3. The monoisotopic (exact) mass is 421 g/mol. The minimum atomic E-state index is -0.378. The molecule has 1 unspecified atom stereocenters. The predicted octanol–water partition coefficient (Wildman–Crippen LogP) is 5.27. The van der Waals surface area contributed by atoms with Crippen molar-refractivity contribution < 1.29 is 9.53 Å². The van der Waals surface area contributed by atoms with Crippen LogP contribution in [0.5, 0.6) is 5.75 Å². The number of amides is 1. The van der Waals surface area contributed by atoms with Crippen molar-refractivity contribution in [2.45, 2.75) is 52.1 Å². The number of likely N-dealkylation sites (tertiary alicyclic amines) is 1. The number of carbonyl (C=O) groups is 1. The normalized spacial score (nSPS) is 16.3. The molecule has 1 saturated heterocycles. The zero-order valence-corrected chi connectivity index (χ0v) is 19.3. The molecule has 1 atom stereocenters. The quantitative estimate of drug-likeness (QED) is 0.310. The number of aromatic nitrogens is 1. The molecule has 0 N–H and O–H groups in total. The lowest BCUT2D eigenvalue weighted by atomic mass is 9.87. The van der Waals surface area contributed by atoms with Crippen LogP contribution in [0, 0.1) is 5.92 Å². The van der Waals surface area contributed by atoms with Gasteiger partial charge in [0.15, 0.2) is 0 Å². The van der Waals surface area contributed by atoms with Crippen molar-refractivity contribution in [2.75, 3.05) is 13.1 Å². The summed E-state index contributed by atoms with van der Waals surface area (Å²) in [7, 11) is 0. The van der Waals surface area contributed by atoms with Gasteiger partial charge >= 0.3 is 0 Å². The van der Waals surface area contributed by atoms with Crippen LogP contribution < -0.4 is 4.74 Å². The highest BCUT2D eigenvalue weighted by atomic mass is 16.5. The van der Waals surface area contributed by atoms with Crippen molar-refractivity contribution in [1.29, 1.82) is 0 Å². The van der Waals surface area contributed by atoms with E-state index in [9.17, 15) is 4.79 Å². The first-order valence-corrected chi connectivity index (χ1v) is 10.8. The summed E-state index contributed by atoms with van der Waals surface area (Å²) in [6, 6.07) is 3.87. The molecular formula is C26H35N3O2. The molecule has 1 aliphatic heterocycles. The van der Waals surface area contributed by atoms with Gasteiger partial charge in [-0.05, 0) is 58.7 Å². The van der Waals surface area contributed by atoms with Crippen molar-refractivity contribution in [3.05, 3.63) is 73.8 Å². The summed E-state index contributed by atoms with van der Waals surface area (Å²) >= 11 is 0. The van der Waals surface area contributed by atoms with Crippen molar-refractivity contribution in [2.24, 2.45) is 10.9 Å². The third kappa shape index (κ3) is 6.27. The molecule has 0 spiro atoms. The molecule has 0 saturated carbocycles. The molecular weight excluding hydrogens is 386 g/mol. The lowest BCUT2D eigenvalue weighted by Crippen LogP contribution is -2.42. The number of hydrogen-bond donors (Lipinski definition) is 0. The summed E-state index contributed by atoms with van der Waals surface area (Å²) in [5, 5.41) is 0. The molecule has 1 aromatic rings. The van der Waals surface area contributed by atoms with E-state index in [0.29, 0.717) is 18.8 Å². The third-order valence-corrected chi connectivity index (χ3v) is 5.74. The fraction of sp³-hybridized carbons (Fsp3) is 0.423. The first kappa shape index (κ1) is 24.3. The van der Waals surface area contributed by atoms with E-state index in [-0.39, 0.29) is 23.3 Å². The maximum absolute atomic E-state index is 11.9. The van der Waals surface area contributed by atoms with Gasteiger partial charge in [0.05, 0.1) is 17.6 Å². The topological polar surface area (TPSA) is 54.8 Å². The van der Waals surface area contributed by atoms with E-state index in [2.05, 4.69) is 24.7 Å². The second-order valence-corrected chi connectivity index (χ2v) is 8.39. The number of piperidine rings is 1. The number of hydrogen-bond acceptors (Lipinski definition) is 4. The number of nitrogens with zero attached hydrogens (tertiary/aromatic N) is 3. The fourth-order valence-corrected chi connectivity index (χ4v) is 3.60. The molecule has 5 heteroatoms. The van der Waals surface area contributed by atoms with Gasteiger partial charge < -0.3 is 9.64 Å². The number of carbonyl (C=O) groups excluding carboxylic acids is 1. The van der Waals surface area contributed by atoms with Gasteiger partial charge in [0.2, 0.25) is 5.91 Å². The van der Waals surface area contributed by atoms with Crippen LogP contribution in [0.25, 0.3) is 0 Å². The van der Waals surface area contributed by atoms with Crippen LogP contribution in [0.1, 0.15) is 46.2 Å². The summed E-state index contributed by atoms with van der Waals surface area (Å²) < 4.78 is 6.22. The Balaban J connectivity index is 2.16. The number of rotatable bonds is 9. The SMILES string of the molecule is C=CC(=O)N1CCC(C(=NC=C(C)C)C(C)Oc2ccc(C(C)(C=C)C=C)nc2)CC1. The Morgan fingerprint density at radius 1 is 1.26 bits per heavy atom. The van der Waals surface area contributed by atoms with Gasteiger partial charge in [0, 0.05) is 30.6 Å². The Morgan fingerprint density at radius 2 is 1.90 bits per heavy atom. The summed E-state index contributed by atoms with van der Waals surface area (Å²) in [5.41, 5.74) is 2.62. The van der Waals surface area contributed by atoms with Gasteiger partial charge in [-0.2, -0.15) is 0 Å². The predicted molar refractivity (Wildman–Crippen MR) is 128 cm³/mol. The number of allylic oxidation sites excluding steroid dienone is 3. The third-order valence-electron chi connectivity index (χ3n) is 5.74. The summed E-state index contributed by atoms with van der Waals surface area (Å²) in [6.45, 7) is 20.9. The molecule has 1 aromatic heterocycles. The van der Waals surface area contributed by atoms with Crippen LogP contribution in [0.15, 0.2) is 73.1 Å². The maximum atomic E-state index is 11.9. The van der Waals surface area contributed by atoms with Crippen molar-refractivity contribution in [3.63, 3.8) is 0 Å². The van der Waals surface area contributed by atoms with Crippen LogP contribution in [0.2, 0.25) is 0 Å². The molecule has 1 aliphatic rings. The number of aliphatic imine (C=N–C) groups is 1. The first-order chi connectivity index (χ1) is 14.7. The first-order valence-electron chi connectivity index (χ1n) is 10.8. The minimum Gasteiger partial charge on any atom is -0.483 e.